The van der Waals surface area contributed by atoms with E-state index >= 15 is 0 Å². The second-order valence-electron chi connectivity index (χ2n) is 5.76. The minimum atomic E-state index is 0.273. The highest BCUT2D eigenvalue weighted by Crippen LogP contribution is 2.18. The zero-order valence-electron chi connectivity index (χ0n) is 12.9. The predicted molar refractivity (Wildman–Crippen MR) is 78.4 cm³/mol. The van der Waals surface area contributed by atoms with Crippen LogP contribution < -0.4 is 5.73 Å². The van der Waals surface area contributed by atoms with Gasteiger partial charge in [0.05, 0.1) is 0 Å². The van der Waals surface area contributed by atoms with E-state index in [2.05, 4.69) is 27.7 Å². The highest BCUT2D eigenvalue weighted by atomic mass is 16.2. The number of nitrogens with zero attached hydrogens (tertiary/aromatic N) is 1. The van der Waals surface area contributed by atoms with E-state index in [0.717, 1.165) is 19.4 Å². The fourth-order valence-corrected chi connectivity index (χ4v) is 2.26. The molecule has 2 N–H and O–H groups in total. The van der Waals surface area contributed by atoms with E-state index in [-0.39, 0.29) is 5.91 Å². The first kappa shape index (κ1) is 17.4. The number of rotatable bonds is 9. The smallest absolute Gasteiger partial charge is 0.222 e. The fraction of sp³-hybridized carbons (Fsp3) is 0.933. The number of amides is 1. The second kappa shape index (κ2) is 9.37. The predicted octanol–water partition coefficient (Wildman–Crippen LogP) is 3.03. The maximum absolute atomic E-state index is 12.1. The highest BCUT2D eigenvalue weighted by molar-refractivity contribution is 5.76. The molecule has 0 aliphatic heterocycles. The maximum Gasteiger partial charge on any atom is 0.222 e. The molecular weight excluding hydrogens is 224 g/mol. The van der Waals surface area contributed by atoms with E-state index in [4.69, 9.17) is 5.73 Å². The topological polar surface area (TPSA) is 46.3 Å². The molecule has 2 unspecified atom stereocenters. The summed E-state index contributed by atoms with van der Waals surface area (Å²) in [6.07, 6.45) is 5.06. The van der Waals surface area contributed by atoms with E-state index in [1.807, 2.05) is 11.9 Å². The molecule has 0 aromatic heterocycles. The number of carbonyl (C=O) groups is 1. The Hall–Kier alpha value is -0.570. The first-order valence-electron chi connectivity index (χ1n) is 7.39. The summed E-state index contributed by atoms with van der Waals surface area (Å²) in [4.78, 5) is 14.0. The minimum Gasteiger partial charge on any atom is -0.343 e. The molecule has 0 bridgehead atoms. The monoisotopic (exact) mass is 256 g/mol. The van der Waals surface area contributed by atoms with Gasteiger partial charge in [0.25, 0.3) is 0 Å². The summed E-state index contributed by atoms with van der Waals surface area (Å²) in [5, 5.41) is 0. The number of carbonyl (C=O) groups excluding carboxylic acids is 1. The van der Waals surface area contributed by atoms with E-state index < -0.39 is 0 Å². The summed E-state index contributed by atoms with van der Waals surface area (Å²) < 4.78 is 0. The van der Waals surface area contributed by atoms with Gasteiger partial charge in [-0.15, -0.1) is 0 Å². The molecule has 108 valence electrons. The highest BCUT2D eigenvalue weighted by Gasteiger charge is 2.19. The van der Waals surface area contributed by atoms with Crippen LogP contribution in [0.2, 0.25) is 0 Å². The zero-order chi connectivity index (χ0) is 14.1. The van der Waals surface area contributed by atoms with Crippen molar-refractivity contribution in [1.82, 2.24) is 4.90 Å². The summed E-state index contributed by atoms with van der Waals surface area (Å²) in [6, 6.07) is 0.316. The summed E-state index contributed by atoms with van der Waals surface area (Å²) in [5.41, 5.74) is 5.62. The largest absolute Gasteiger partial charge is 0.343 e. The summed E-state index contributed by atoms with van der Waals surface area (Å²) in [5.74, 6) is 1.40. The van der Waals surface area contributed by atoms with Crippen molar-refractivity contribution in [2.24, 2.45) is 17.6 Å². The summed E-state index contributed by atoms with van der Waals surface area (Å²) in [7, 11) is 1.92. The molecular formula is C15H32N2O. The Kier molecular flexibility index (Phi) is 9.08. The summed E-state index contributed by atoms with van der Waals surface area (Å²) >= 11 is 0. The van der Waals surface area contributed by atoms with Gasteiger partial charge in [-0.3, -0.25) is 4.79 Å². The van der Waals surface area contributed by atoms with Crippen LogP contribution in [0.25, 0.3) is 0 Å². The third-order valence-corrected chi connectivity index (χ3v) is 4.01. The van der Waals surface area contributed by atoms with Crippen molar-refractivity contribution in [2.45, 2.75) is 65.8 Å². The van der Waals surface area contributed by atoms with Gasteiger partial charge < -0.3 is 10.6 Å². The van der Waals surface area contributed by atoms with Gasteiger partial charge in [0.15, 0.2) is 0 Å². The third kappa shape index (κ3) is 6.39. The number of hydrogen-bond acceptors (Lipinski definition) is 2. The minimum absolute atomic E-state index is 0.273. The van der Waals surface area contributed by atoms with Crippen LogP contribution in [0.15, 0.2) is 0 Å². The fourth-order valence-electron chi connectivity index (χ4n) is 2.26. The quantitative estimate of drug-likeness (QED) is 0.689. The van der Waals surface area contributed by atoms with Gasteiger partial charge in [-0.1, -0.05) is 33.6 Å². The van der Waals surface area contributed by atoms with E-state index in [0.29, 0.717) is 24.3 Å². The molecule has 3 heteroatoms. The van der Waals surface area contributed by atoms with Gasteiger partial charge in [-0.05, 0) is 38.1 Å². The van der Waals surface area contributed by atoms with Crippen molar-refractivity contribution < 1.29 is 4.79 Å². The van der Waals surface area contributed by atoms with Crippen LogP contribution in [0.1, 0.15) is 59.8 Å². The molecule has 18 heavy (non-hydrogen) atoms. The molecule has 0 radical (unpaired) electrons. The molecule has 0 saturated carbocycles. The van der Waals surface area contributed by atoms with Gasteiger partial charge in [0, 0.05) is 19.5 Å². The molecule has 0 heterocycles. The Bertz CT molecular complexity index is 223. The molecule has 0 fully saturated rings. The van der Waals surface area contributed by atoms with Gasteiger partial charge in [0.2, 0.25) is 5.91 Å². The molecule has 0 saturated heterocycles. The van der Waals surface area contributed by atoms with Crippen molar-refractivity contribution >= 4 is 5.91 Å². The zero-order valence-corrected chi connectivity index (χ0v) is 12.9. The lowest BCUT2D eigenvalue weighted by atomic mass is 9.94. The van der Waals surface area contributed by atoms with Crippen LogP contribution >= 0.6 is 0 Å². The van der Waals surface area contributed by atoms with Gasteiger partial charge in [-0.25, -0.2) is 0 Å². The van der Waals surface area contributed by atoms with Crippen molar-refractivity contribution in [3.05, 3.63) is 0 Å². The first-order valence-corrected chi connectivity index (χ1v) is 7.39. The Morgan fingerprint density at radius 3 is 2.22 bits per heavy atom. The Labute approximate surface area is 113 Å². The molecule has 0 aromatic carbocycles. The SMILES string of the molecule is CCCC(CCN)CCC(=O)N(C)C(C)C(C)C. The lowest BCUT2D eigenvalue weighted by molar-refractivity contribution is -0.132. The lowest BCUT2D eigenvalue weighted by Crippen LogP contribution is -2.38. The number of nitrogens with two attached hydrogens (primary N) is 1. The molecule has 3 nitrogen and oxygen atoms in total. The van der Waals surface area contributed by atoms with Crippen LogP contribution in [0.5, 0.6) is 0 Å². The Balaban J connectivity index is 4.13. The van der Waals surface area contributed by atoms with Crippen LogP contribution in [0.3, 0.4) is 0 Å². The molecule has 0 rings (SSSR count). The molecule has 1 amide bonds. The van der Waals surface area contributed by atoms with Crippen LogP contribution in [-0.4, -0.2) is 30.4 Å². The maximum atomic E-state index is 12.1. The molecule has 2 atom stereocenters. The Morgan fingerprint density at radius 2 is 1.78 bits per heavy atom. The van der Waals surface area contributed by atoms with Crippen molar-refractivity contribution in [3.63, 3.8) is 0 Å². The second-order valence-corrected chi connectivity index (χ2v) is 5.76. The molecule has 0 spiro atoms. The van der Waals surface area contributed by atoms with Gasteiger partial charge in [-0.2, -0.15) is 0 Å². The third-order valence-electron chi connectivity index (χ3n) is 4.01. The van der Waals surface area contributed by atoms with E-state index in [9.17, 15) is 4.79 Å². The van der Waals surface area contributed by atoms with Crippen LogP contribution in [0.4, 0.5) is 0 Å². The molecule has 0 aliphatic carbocycles. The number of hydrogen-bond donors (Lipinski definition) is 1. The van der Waals surface area contributed by atoms with Crippen molar-refractivity contribution in [2.75, 3.05) is 13.6 Å². The van der Waals surface area contributed by atoms with Crippen molar-refractivity contribution in [1.29, 1.82) is 0 Å². The normalized spacial score (nSPS) is 14.6. The van der Waals surface area contributed by atoms with Crippen LogP contribution in [0, 0.1) is 11.8 Å². The van der Waals surface area contributed by atoms with Crippen LogP contribution in [-0.2, 0) is 4.79 Å². The van der Waals surface area contributed by atoms with Gasteiger partial charge in [0.1, 0.15) is 0 Å². The average molecular weight is 256 g/mol. The lowest BCUT2D eigenvalue weighted by Gasteiger charge is -2.28. The molecule has 0 aromatic rings. The summed E-state index contributed by atoms with van der Waals surface area (Å²) in [6.45, 7) is 9.35. The standard InChI is InChI=1S/C15H32N2O/c1-6-7-14(10-11-16)8-9-15(18)17(5)13(4)12(2)3/h12-14H,6-11,16H2,1-5H3. The van der Waals surface area contributed by atoms with E-state index in [1.165, 1.54) is 12.8 Å². The van der Waals surface area contributed by atoms with Gasteiger partial charge >= 0.3 is 0 Å². The molecule has 0 aliphatic rings. The Morgan fingerprint density at radius 1 is 1.17 bits per heavy atom. The van der Waals surface area contributed by atoms with Crippen molar-refractivity contribution in [3.8, 4) is 0 Å². The van der Waals surface area contributed by atoms with E-state index in [1.54, 1.807) is 0 Å². The first-order chi connectivity index (χ1) is 8.43. The average Bonchev–Trinajstić information content (AvgIpc) is 2.34.